The van der Waals surface area contributed by atoms with Gasteiger partial charge in [0.1, 0.15) is 5.41 Å². The quantitative estimate of drug-likeness (QED) is 0.594. The maximum Gasteiger partial charge on any atom is 0.333 e. The van der Waals surface area contributed by atoms with Gasteiger partial charge >= 0.3 is 11.9 Å². The molecule has 0 fully saturated rings. The van der Waals surface area contributed by atoms with Crippen LogP contribution in [0, 0.1) is 5.41 Å². The van der Waals surface area contributed by atoms with E-state index < -0.39 is 23.5 Å². The predicted octanol–water partition coefficient (Wildman–Crippen LogP) is 1.10. The second-order valence-electron chi connectivity index (χ2n) is 3.70. The van der Waals surface area contributed by atoms with E-state index in [1.807, 2.05) is 0 Å². The maximum absolute atomic E-state index is 11.1. The fourth-order valence-electron chi connectivity index (χ4n) is 1.86. The summed E-state index contributed by atoms with van der Waals surface area (Å²) >= 11 is 0. The van der Waals surface area contributed by atoms with Gasteiger partial charge < -0.3 is 15.3 Å². The number of hydrogen-bond acceptors (Lipinski definition) is 3. The summed E-state index contributed by atoms with van der Waals surface area (Å²) in [6, 6.07) is 0. The number of carbonyl (C=O) groups is 2. The van der Waals surface area contributed by atoms with Gasteiger partial charge in [0.05, 0.1) is 0 Å². The second kappa shape index (κ2) is 5.70. The van der Waals surface area contributed by atoms with Gasteiger partial charge in [0.25, 0.3) is 0 Å². The minimum atomic E-state index is -1.84. The molecular weight excluding hydrogens is 200 g/mol. The van der Waals surface area contributed by atoms with Crippen LogP contribution in [0.1, 0.15) is 39.5 Å². The number of rotatable bonds is 7. The molecule has 0 amide bonds. The third kappa shape index (κ3) is 2.92. The van der Waals surface area contributed by atoms with Crippen molar-refractivity contribution in [3.05, 3.63) is 0 Å². The summed E-state index contributed by atoms with van der Waals surface area (Å²) in [6.45, 7) is 3.53. The highest BCUT2D eigenvalue weighted by Gasteiger charge is 2.47. The van der Waals surface area contributed by atoms with Crippen LogP contribution < -0.4 is 0 Å². The zero-order valence-electron chi connectivity index (χ0n) is 9.06. The normalized spacial score (nSPS) is 13.5. The Balaban J connectivity index is 5.09. The highest BCUT2D eigenvalue weighted by molar-refractivity contribution is 5.84. The fraction of sp³-hybridized carbons (Fsp3) is 0.800. The zero-order valence-corrected chi connectivity index (χ0v) is 9.06. The van der Waals surface area contributed by atoms with Gasteiger partial charge in [0, 0.05) is 0 Å². The van der Waals surface area contributed by atoms with Gasteiger partial charge in [0.2, 0.25) is 0 Å². The molecule has 0 aliphatic heterocycles. The number of hydrogen-bond donors (Lipinski definition) is 3. The molecule has 0 saturated heterocycles. The lowest BCUT2D eigenvalue weighted by molar-refractivity contribution is -0.171. The highest BCUT2D eigenvalue weighted by atomic mass is 16.4. The summed E-state index contributed by atoms with van der Waals surface area (Å²) in [5.41, 5.74) is -1.55. The van der Waals surface area contributed by atoms with Crippen molar-refractivity contribution in [1.29, 1.82) is 0 Å². The Morgan fingerprint density at radius 1 is 1.13 bits per heavy atom. The summed E-state index contributed by atoms with van der Waals surface area (Å²) in [6.07, 6.45) is -0.449. The molecule has 0 spiro atoms. The van der Waals surface area contributed by atoms with E-state index in [9.17, 15) is 14.7 Å². The van der Waals surface area contributed by atoms with E-state index >= 15 is 0 Å². The molecule has 0 aliphatic rings. The Morgan fingerprint density at radius 2 is 1.53 bits per heavy atom. The Labute approximate surface area is 88.7 Å². The van der Waals surface area contributed by atoms with Crippen molar-refractivity contribution in [2.75, 3.05) is 0 Å². The molecular formula is C10H18O5. The van der Waals surface area contributed by atoms with Gasteiger partial charge in [-0.05, 0) is 12.8 Å². The van der Waals surface area contributed by atoms with E-state index in [0.29, 0.717) is 12.8 Å². The number of aliphatic hydroxyl groups is 1. The SMILES string of the molecule is CCCC(CCC)(C(=O)O)C(O)C(=O)O. The maximum atomic E-state index is 11.1. The predicted molar refractivity (Wildman–Crippen MR) is 53.5 cm³/mol. The van der Waals surface area contributed by atoms with Crippen LogP contribution in [0.2, 0.25) is 0 Å². The summed E-state index contributed by atoms with van der Waals surface area (Å²) in [7, 11) is 0. The van der Waals surface area contributed by atoms with Crippen molar-refractivity contribution < 1.29 is 24.9 Å². The summed E-state index contributed by atoms with van der Waals surface area (Å²) < 4.78 is 0. The summed E-state index contributed by atoms with van der Waals surface area (Å²) in [5, 5.41) is 27.3. The lowest BCUT2D eigenvalue weighted by atomic mass is 9.74. The number of carboxylic acids is 2. The number of aliphatic carboxylic acids is 2. The molecule has 88 valence electrons. The van der Waals surface area contributed by atoms with Crippen molar-refractivity contribution in [1.82, 2.24) is 0 Å². The lowest BCUT2D eigenvalue weighted by Crippen LogP contribution is -2.46. The molecule has 1 atom stereocenters. The molecule has 5 heteroatoms. The Bertz CT molecular complexity index is 230. The summed E-state index contributed by atoms with van der Waals surface area (Å²) in [5.74, 6) is -2.71. The van der Waals surface area contributed by atoms with Crippen molar-refractivity contribution in [3.8, 4) is 0 Å². The van der Waals surface area contributed by atoms with E-state index in [1.165, 1.54) is 0 Å². The molecule has 0 aromatic rings. The van der Waals surface area contributed by atoms with Gasteiger partial charge in [-0.15, -0.1) is 0 Å². The first kappa shape index (κ1) is 13.9. The third-order valence-electron chi connectivity index (χ3n) is 2.58. The van der Waals surface area contributed by atoms with Gasteiger partial charge in [-0.25, -0.2) is 4.79 Å². The Kier molecular flexibility index (Phi) is 5.28. The Morgan fingerprint density at radius 3 is 1.73 bits per heavy atom. The Hall–Kier alpha value is -1.10. The third-order valence-corrected chi connectivity index (χ3v) is 2.58. The fourth-order valence-corrected chi connectivity index (χ4v) is 1.86. The van der Waals surface area contributed by atoms with Gasteiger partial charge in [0.15, 0.2) is 6.10 Å². The summed E-state index contributed by atoms with van der Waals surface area (Å²) in [4.78, 5) is 21.8. The molecule has 0 saturated carbocycles. The molecule has 3 N–H and O–H groups in total. The molecule has 0 heterocycles. The monoisotopic (exact) mass is 218 g/mol. The molecule has 1 unspecified atom stereocenters. The molecule has 0 aromatic carbocycles. The van der Waals surface area contributed by atoms with E-state index in [2.05, 4.69) is 0 Å². The average Bonchev–Trinajstić information content (AvgIpc) is 2.15. The minimum absolute atomic E-state index is 0.170. The van der Waals surface area contributed by atoms with E-state index in [-0.39, 0.29) is 12.8 Å². The smallest absolute Gasteiger partial charge is 0.333 e. The largest absolute Gasteiger partial charge is 0.481 e. The van der Waals surface area contributed by atoms with E-state index in [0.717, 1.165) is 0 Å². The van der Waals surface area contributed by atoms with E-state index in [1.54, 1.807) is 13.8 Å². The highest BCUT2D eigenvalue weighted by Crippen LogP contribution is 2.34. The van der Waals surface area contributed by atoms with Crippen LogP contribution in [0.5, 0.6) is 0 Å². The van der Waals surface area contributed by atoms with Crippen molar-refractivity contribution in [2.24, 2.45) is 5.41 Å². The molecule has 0 bridgehead atoms. The van der Waals surface area contributed by atoms with Crippen LogP contribution in [0.15, 0.2) is 0 Å². The standard InChI is InChI=1S/C10H18O5/c1-3-5-10(6-4-2,9(14)15)7(11)8(12)13/h7,11H,3-6H2,1-2H3,(H,12,13)(H,14,15). The molecule has 5 nitrogen and oxygen atoms in total. The van der Waals surface area contributed by atoms with Crippen LogP contribution in [-0.4, -0.2) is 33.4 Å². The molecule has 0 radical (unpaired) electrons. The van der Waals surface area contributed by atoms with Gasteiger partial charge in [-0.2, -0.15) is 0 Å². The van der Waals surface area contributed by atoms with Crippen LogP contribution in [0.25, 0.3) is 0 Å². The minimum Gasteiger partial charge on any atom is -0.481 e. The molecule has 15 heavy (non-hydrogen) atoms. The first-order valence-electron chi connectivity index (χ1n) is 5.06. The average molecular weight is 218 g/mol. The first-order chi connectivity index (χ1) is 6.92. The van der Waals surface area contributed by atoms with Crippen molar-refractivity contribution >= 4 is 11.9 Å². The van der Waals surface area contributed by atoms with Crippen molar-refractivity contribution in [3.63, 3.8) is 0 Å². The molecule has 0 rings (SSSR count). The van der Waals surface area contributed by atoms with Gasteiger partial charge in [-0.3, -0.25) is 4.79 Å². The molecule has 0 aromatic heterocycles. The zero-order chi connectivity index (χ0) is 12.1. The number of aliphatic hydroxyl groups excluding tert-OH is 1. The van der Waals surface area contributed by atoms with Gasteiger partial charge in [-0.1, -0.05) is 26.7 Å². The lowest BCUT2D eigenvalue weighted by Gasteiger charge is -2.31. The van der Waals surface area contributed by atoms with Crippen LogP contribution >= 0.6 is 0 Å². The van der Waals surface area contributed by atoms with Crippen LogP contribution in [0.3, 0.4) is 0 Å². The van der Waals surface area contributed by atoms with Crippen molar-refractivity contribution in [2.45, 2.75) is 45.6 Å². The van der Waals surface area contributed by atoms with Crippen LogP contribution in [0.4, 0.5) is 0 Å². The van der Waals surface area contributed by atoms with Crippen LogP contribution in [-0.2, 0) is 9.59 Å². The molecule has 0 aliphatic carbocycles. The first-order valence-corrected chi connectivity index (χ1v) is 5.06. The topological polar surface area (TPSA) is 94.8 Å². The second-order valence-corrected chi connectivity index (χ2v) is 3.70. The number of carboxylic acid groups (broad SMARTS) is 2. The van der Waals surface area contributed by atoms with E-state index in [4.69, 9.17) is 10.2 Å².